The van der Waals surface area contributed by atoms with Crippen molar-refractivity contribution in [3.8, 4) is 0 Å². The lowest BCUT2D eigenvalue weighted by Gasteiger charge is -2.33. The number of fused-ring (bicyclic) bond motifs is 1. The second kappa shape index (κ2) is 11.6. The van der Waals surface area contributed by atoms with Crippen LogP contribution in [0.25, 0.3) is 10.9 Å². The van der Waals surface area contributed by atoms with Crippen molar-refractivity contribution >= 4 is 34.4 Å². The van der Waals surface area contributed by atoms with Crippen LogP contribution in [-0.2, 0) is 9.47 Å². The molecule has 3 aromatic rings. The maximum atomic E-state index is 14.4. The molecule has 5 heterocycles. The molecule has 2 fully saturated rings. The standard InChI is InChI=1S/C27H36FN7O3/c1-4-17(2)35-15-20(26(36)31-18-7-11-38-12-8-18)19-14-30-25(13-22(19)35)32-24-5-9-29-27(33-24)34-10-6-23(37-3)21(28)16-34/h5,9,13-15,17-18,21,23H,4,6-8,10-12,16H2,1-3H3,(H,31,36)(H,29,30,32,33)/t17-,21+,23-/m0/s1. The van der Waals surface area contributed by atoms with Gasteiger partial charge in [0.05, 0.1) is 23.7 Å². The summed E-state index contributed by atoms with van der Waals surface area (Å²) in [6, 6.07) is 4.01. The number of pyridine rings is 1. The molecule has 0 spiro atoms. The van der Waals surface area contributed by atoms with Crippen LogP contribution in [0.5, 0.6) is 0 Å². The summed E-state index contributed by atoms with van der Waals surface area (Å²) in [7, 11) is 1.54. The van der Waals surface area contributed by atoms with Crippen molar-refractivity contribution in [3.63, 3.8) is 0 Å². The normalized spacial score (nSPS) is 21.4. The molecule has 0 unspecified atom stereocenters. The van der Waals surface area contributed by atoms with E-state index in [1.54, 1.807) is 18.5 Å². The zero-order valence-electron chi connectivity index (χ0n) is 22.2. The largest absolute Gasteiger partial charge is 0.381 e. The van der Waals surface area contributed by atoms with Crippen molar-refractivity contribution in [3.05, 3.63) is 36.3 Å². The van der Waals surface area contributed by atoms with Gasteiger partial charge in [-0.3, -0.25) is 4.79 Å². The lowest BCUT2D eigenvalue weighted by Crippen LogP contribution is -2.46. The van der Waals surface area contributed by atoms with Gasteiger partial charge in [-0.25, -0.2) is 14.4 Å². The molecule has 2 N–H and O–H groups in total. The third-order valence-corrected chi connectivity index (χ3v) is 7.55. The Morgan fingerprint density at radius 2 is 2.08 bits per heavy atom. The van der Waals surface area contributed by atoms with Crippen molar-refractivity contribution in [1.29, 1.82) is 0 Å². The van der Waals surface area contributed by atoms with Crippen LogP contribution in [0.3, 0.4) is 0 Å². The summed E-state index contributed by atoms with van der Waals surface area (Å²) < 4.78 is 27.2. The molecule has 11 heteroatoms. The fourth-order valence-corrected chi connectivity index (χ4v) is 5.09. The molecule has 0 saturated carbocycles. The Balaban J connectivity index is 1.38. The number of piperidine rings is 1. The summed E-state index contributed by atoms with van der Waals surface area (Å²) in [4.78, 5) is 28.6. The maximum absolute atomic E-state index is 14.4. The molecular weight excluding hydrogens is 489 g/mol. The zero-order chi connectivity index (χ0) is 26.6. The van der Waals surface area contributed by atoms with Gasteiger partial charge in [-0.15, -0.1) is 0 Å². The molecule has 0 aromatic carbocycles. The van der Waals surface area contributed by atoms with E-state index in [-0.39, 0.29) is 24.5 Å². The summed E-state index contributed by atoms with van der Waals surface area (Å²) in [5.74, 6) is 1.53. The molecule has 2 aliphatic heterocycles. The number of amides is 1. The number of aromatic nitrogens is 4. The van der Waals surface area contributed by atoms with Gasteiger partial charge in [0.15, 0.2) is 0 Å². The third-order valence-electron chi connectivity index (χ3n) is 7.55. The molecule has 204 valence electrons. The van der Waals surface area contributed by atoms with Crippen LogP contribution in [0.2, 0.25) is 0 Å². The Morgan fingerprint density at radius 1 is 1.26 bits per heavy atom. The highest BCUT2D eigenvalue weighted by atomic mass is 19.1. The quantitative estimate of drug-likeness (QED) is 0.454. The summed E-state index contributed by atoms with van der Waals surface area (Å²) >= 11 is 0. The Morgan fingerprint density at radius 3 is 2.82 bits per heavy atom. The zero-order valence-corrected chi connectivity index (χ0v) is 22.2. The number of hydrogen-bond acceptors (Lipinski definition) is 8. The Bertz CT molecular complexity index is 1260. The third kappa shape index (κ3) is 5.58. The smallest absolute Gasteiger partial charge is 0.253 e. The van der Waals surface area contributed by atoms with Crippen molar-refractivity contribution in [2.45, 2.75) is 63.9 Å². The second-order valence-corrected chi connectivity index (χ2v) is 10.0. The molecule has 0 aliphatic carbocycles. The number of anilines is 3. The van der Waals surface area contributed by atoms with Crippen molar-refractivity contribution in [2.24, 2.45) is 0 Å². The summed E-state index contributed by atoms with van der Waals surface area (Å²) in [6.45, 7) is 6.40. The van der Waals surface area contributed by atoms with Crippen LogP contribution in [0.15, 0.2) is 30.7 Å². The fraction of sp³-hybridized carbons (Fsp3) is 0.556. The number of ether oxygens (including phenoxy) is 2. The van der Waals surface area contributed by atoms with Gasteiger partial charge in [0.25, 0.3) is 5.91 Å². The molecule has 10 nitrogen and oxygen atoms in total. The highest BCUT2D eigenvalue weighted by molar-refractivity contribution is 6.07. The van der Waals surface area contributed by atoms with E-state index in [0.29, 0.717) is 49.3 Å². The van der Waals surface area contributed by atoms with Crippen LogP contribution >= 0.6 is 0 Å². The summed E-state index contributed by atoms with van der Waals surface area (Å²) in [5, 5.41) is 7.23. The minimum absolute atomic E-state index is 0.0877. The van der Waals surface area contributed by atoms with Gasteiger partial charge in [0.1, 0.15) is 17.8 Å². The molecule has 2 saturated heterocycles. The van der Waals surface area contributed by atoms with E-state index in [4.69, 9.17) is 9.47 Å². The van der Waals surface area contributed by atoms with E-state index in [1.807, 2.05) is 17.2 Å². The molecule has 1 amide bonds. The van der Waals surface area contributed by atoms with Crippen molar-refractivity contribution in [2.75, 3.05) is 43.6 Å². The predicted molar refractivity (Wildman–Crippen MR) is 144 cm³/mol. The van der Waals surface area contributed by atoms with Gasteiger partial charge in [-0.2, -0.15) is 4.98 Å². The number of rotatable bonds is 8. The average molecular weight is 526 g/mol. The molecular formula is C27H36FN7O3. The first-order valence-corrected chi connectivity index (χ1v) is 13.4. The number of methoxy groups -OCH3 is 1. The first-order chi connectivity index (χ1) is 18.5. The Kier molecular flexibility index (Phi) is 8.04. The number of carbonyl (C=O) groups is 1. The molecule has 0 radical (unpaired) electrons. The first kappa shape index (κ1) is 26.3. The van der Waals surface area contributed by atoms with E-state index < -0.39 is 12.3 Å². The SMILES string of the molecule is CC[C@H](C)n1cc(C(=O)NC2CCOCC2)c2cnc(Nc3ccnc(N4CC[C@H](OC)[C@H](F)C4)n3)cc21. The molecule has 38 heavy (non-hydrogen) atoms. The number of nitrogens with zero attached hydrogens (tertiary/aromatic N) is 5. The first-order valence-electron chi connectivity index (χ1n) is 13.4. The number of nitrogens with one attached hydrogen (secondary N) is 2. The van der Waals surface area contributed by atoms with Crippen molar-refractivity contribution in [1.82, 2.24) is 24.8 Å². The number of carbonyl (C=O) groups excluding carboxylic acids is 1. The highest BCUT2D eigenvalue weighted by Crippen LogP contribution is 2.29. The van der Waals surface area contributed by atoms with E-state index >= 15 is 0 Å². The van der Waals surface area contributed by atoms with Gasteiger partial charge in [0.2, 0.25) is 5.95 Å². The van der Waals surface area contributed by atoms with E-state index in [0.717, 1.165) is 30.2 Å². The average Bonchev–Trinajstić information content (AvgIpc) is 3.32. The number of halogens is 1. The predicted octanol–water partition coefficient (Wildman–Crippen LogP) is 4.01. The lowest BCUT2D eigenvalue weighted by atomic mass is 10.1. The van der Waals surface area contributed by atoms with Crippen LogP contribution in [0.1, 0.15) is 55.9 Å². The highest BCUT2D eigenvalue weighted by Gasteiger charge is 2.30. The summed E-state index contributed by atoms with van der Waals surface area (Å²) in [6.07, 6.45) is 6.96. The molecule has 3 atom stereocenters. The second-order valence-electron chi connectivity index (χ2n) is 10.0. The minimum Gasteiger partial charge on any atom is -0.381 e. The monoisotopic (exact) mass is 525 g/mol. The number of alkyl halides is 1. The van der Waals surface area contributed by atoms with Crippen molar-refractivity contribution < 1.29 is 18.7 Å². The fourth-order valence-electron chi connectivity index (χ4n) is 5.09. The van der Waals surface area contributed by atoms with E-state index in [2.05, 4.69) is 44.0 Å². The Labute approximate surface area is 221 Å². The van der Waals surface area contributed by atoms with Gasteiger partial charge in [0, 0.05) is 69.0 Å². The van der Waals surface area contributed by atoms with Crippen LogP contribution < -0.4 is 15.5 Å². The lowest BCUT2D eigenvalue weighted by molar-refractivity contribution is 0.0194. The van der Waals surface area contributed by atoms with Gasteiger partial charge in [-0.05, 0) is 38.7 Å². The van der Waals surface area contributed by atoms with E-state index in [1.165, 1.54) is 7.11 Å². The molecule has 5 rings (SSSR count). The van der Waals surface area contributed by atoms with Gasteiger partial charge >= 0.3 is 0 Å². The maximum Gasteiger partial charge on any atom is 0.253 e. The topological polar surface area (TPSA) is 106 Å². The van der Waals surface area contributed by atoms with Crippen LogP contribution in [-0.4, -0.2) is 77.2 Å². The van der Waals surface area contributed by atoms with Gasteiger partial charge < -0.3 is 29.6 Å². The van der Waals surface area contributed by atoms with E-state index in [9.17, 15) is 9.18 Å². The van der Waals surface area contributed by atoms with Crippen LogP contribution in [0, 0.1) is 0 Å². The Hall–Kier alpha value is -3.31. The summed E-state index contributed by atoms with van der Waals surface area (Å²) in [5.41, 5.74) is 1.54. The number of hydrogen-bond donors (Lipinski definition) is 2. The van der Waals surface area contributed by atoms with Crippen LogP contribution in [0.4, 0.5) is 22.0 Å². The minimum atomic E-state index is -1.09. The molecule has 3 aromatic heterocycles. The molecule has 2 aliphatic rings. The molecule has 0 bridgehead atoms. The van der Waals surface area contributed by atoms with Gasteiger partial charge in [-0.1, -0.05) is 6.92 Å².